The summed E-state index contributed by atoms with van der Waals surface area (Å²) in [5, 5.41) is 5.59. The Morgan fingerprint density at radius 3 is 2.81 bits per heavy atom. The number of rotatable bonds is 8. The molecule has 1 aliphatic heterocycles. The van der Waals surface area contributed by atoms with Gasteiger partial charge in [0.05, 0.1) is 6.42 Å². The van der Waals surface area contributed by atoms with Crippen LogP contribution < -0.4 is 10.6 Å². The predicted octanol–water partition coefficient (Wildman–Crippen LogP) is 2.26. The van der Waals surface area contributed by atoms with E-state index in [-0.39, 0.29) is 24.1 Å². The molecule has 1 saturated heterocycles. The molecule has 0 aliphatic carbocycles. The smallest absolute Gasteiger partial charge is 0.247 e. The summed E-state index contributed by atoms with van der Waals surface area (Å²) in [5.41, 5.74) is 1.37. The second-order valence-corrected chi connectivity index (χ2v) is 6.42. The summed E-state index contributed by atoms with van der Waals surface area (Å²) < 4.78 is 0. The molecule has 0 unspecified atom stereocenters. The molecule has 140 valence electrons. The number of likely N-dealkylation sites (tertiary alicyclic amines) is 1. The zero-order valence-electron chi connectivity index (χ0n) is 15.1. The molecule has 0 bridgehead atoms. The summed E-state index contributed by atoms with van der Waals surface area (Å²) in [6.45, 7) is 5.47. The summed E-state index contributed by atoms with van der Waals surface area (Å²) in [7, 11) is 0. The fourth-order valence-electron chi connectivity index (χ4n) is 2.99. The van der Waals surface area contributed by atoms with Crippen LogP contribution in [0.5, 0.6) is 0 Å². The minimum absolute atomic E-state index is 0.104. The molecule has 1 fully saturated rings. The van der Waals surface area contributed by atoms with Crippen LogP contribution in [-0.2, 0) is 20.8 Å². The van der Waals surface area contributed by atoms with Gasteiger partial charge in [-0.15, -0.1) is 0 Å². The van der Waals surface area contributed by atoms with E-state index in [0.717, 1.165) is 37.8 Å². The average molecular weight is 357 g/mol. The van der Waals surface area contributed by atoms with E-state index in [0.29, 0.717) is 25.2 Å². The highest BCUT2D eigenvalue weighted by Crippen LogP contribution is 2.16. The fraction of sp³-hybridized carbons (Fsp3) is 0.450. The van der Waals surface area contributed by atoms with Crippen molar-refractivity contribution in [2.75, 3.05) is 25.0 Å². The van der Waals surface area contributed by atoms with Crippen molar-refractivity contribution < 1.29 is 14.4 Å². The van der Waals surface area contributed by atoms with Gasteiger partial charge in [-0.25, -0.2) is 0 Å². The number of para-hydroxylation sites is 1. The van der Waals surface area contributed by atoms with Crippen LogP contribution in [0.4, 0.5) is 5.69 Å². The summed E-state index contributed by atoms with van der Waals surface area (Å²) in [5.74, 6) is -0.187. The summed E-state index contributed by atoms with van der Waals surface area (Å²) in [6.07, 6.45) is 5.92. The molecule has 0 aromatic heterocycles. The third-order valence-electron chi connectivity index (χ3n) is 4.41. The first-order valence-corrected chi connectivity index (χ1v) is 9.16. The van der Waals surface area contributed by atoms with Gasteiger partial charge in [-0.2, -0.15) is 0 Å². The van der Waals surface area contributed by atoms with Crippen molar-refractivity contribution in [1.82, 2.24) is 10.2 Å². The summed E-state index contributed by atoms with van der Waals surface area (Å²) in [6, 6.07) is 7.21. The van der Waals surface area contributed by atoms with Crippen molar-refractivity contribution in [1.29, 1.82) is 0 Å². The minimum Gasteiger partial charge on any atom is -0.356 e. The molecule has 2 N–H and O–H groups in total. The number of hydrogen-bond donors (Lipinski definition) is 2. The Kier molecular flexibility index (Phi) is 7.86. The Bertz CT molecular complexity index is 657. The molecule has 1 aliphatic rings. The fourth-order valence-corrected chi connectivity index (χ4v) is 2.99. The van der Waals surface area contributed by atoms with E-state index >= 15 is 0 Å². The topological polar surface area (TPSA) is 78.5 Å². The van der Waals surface area contributed by atoms with Crippen LogP contribution in [0.3, 0.4) is 0 Å². The van der Waals surface area contributed by atoms with Crippen LogP contribution in [-0.4, -0.2) is 42.3 Å². The molecule has 26 heavy (non-hydrogen) atoms. The Balaban J connectivity index is 1.76. The number of nitrogens with zero attached hydrogens (tertiary/aromatic N) is 1. The van der Waals surface area contributed by atoms with E-state index in [1.807, 2.05) is 17.0 Å². The second kappa shape index (κ2) is 10.4. The lowest BCUT2D eigenvalue weighted by Crippen LogP contribution is -2.34. The molecule has 0 radical (unpaired) electrons. The quantitative estimate of drug-likeness (QED) is 0.553. The van der Waals surface area contributed by atoms with Gasteiger partial charge in [-0.05, 0) is 37.0 Å². The molecule has 0 saturated carbocycles. The van der Waals surface area contributed by atoms with Gasteiger partial charge in [-0.3, -0.25) is 14.4 Å². The molecular weight excluding hydrogens is 330 g/mol. The standard InChI is InChI=1S/C20H27N3O3/c1-2-18(24)22-17-10-6-5-9-16(17)15-19(25)21-12-8-14-23-13-7-3-4-11-20(23)26/h2,5-6,9-10H,1,3-4,7-8,11-15H2,(H,21,25)(H,22,24). The van der Waals surface area contributed by atoms with Crippen molar-refractivity contribution in [3.05, 3.63) is 42.5 Å². The number of carbonyl (C=O) groups excluding carboxylic acids is 3. The lowest BCUT2D eigenvalue weighted by atomic mass is 10.1. The minimum atomic E-state index is -0.306. The second-order valence-electron chi connectivity index (χ2n) is 6.42. The van der Waals surface area contributed by atoms with Crippen molar-refractivity contribution in [2.24, 2.45) is 0 Å². The van der Waals surface area contributed by atoms with Gasteiger partial charge in [0.1, 0.15) is 0 Å². The maximum absolute atomic E-state index is 12.2. The normalized spacial score (nSPS) is 14.5. The Morgan fingerprint density at radius 2 is 2.00 bits per heavy atom. The van der Waals surface area contributed by atoms with Gasteiger partial charge in [0.15, 0.2) is 0 Å². The maximum Gasteiger partial charge on any atom is 0.247 e. The van der Waals surface area contributed by atoms with Crippen LogP contribution in [0.15, 0.2) is 36.9 Å². The van der Waals surface area contributed by atoms with Crippen molar-refractivity contribution >= 4 is 23.4 Å². The highest BCUT2D eigenvalue weighted by atomic mass is 16.2. The third kappa shape index (κ3) is 6.35. The summed E-state index contributed by atoms with van der Waals surface area (Å²) in [4.78, 5) is 37.5. The average Bonchev–Trinajstić information content (AvgIpc) is 2.84. The van der Waals surface area contributed by atoms with Crippen LogP contribution in [0.1, 0.15) is 37.7 Å². The maximum atomic E-state index is 12.2. The lowest BCUT2D eigenvalue weighted by Gasteiger charge is -2.20. The van der Waals surface area contributed by atoms with Gasteiger partial charge in [-0.1, -0.05) is 31.2 Å². The Morgan fingerprint density at radius 1 is 1.19 bits per heavy atom. The lowest BCUT2D eigenvalue weighted by molar-refractivity contribution is -0.130. The van der Waals surface area contributed by atoms with Gasteiger partial charge in [0.25, 0.3) is 0 Å². The molecule has 6 heteroatoms. The molecule has 2 rings (SSSR count). The predicted molar refractivity (Wildman–Crippen MR) is 102 cm³/mol. The number of nitrogens with one attached hydrogen (secondary N) is 2. The molecule has 0 spiro atoms. The number of amides is 3. The van der Waals surface area contributed by atoms with Crippen LogP contribution >= 0.6 is 0 Å². The zero-order valence-corrected chi connectivity index (χ0v) is 15.1. The number of hydrogen-bond acceptors (Lipinski definition) is 3. The highest BCUT2D eigenvalue weighted by molar-refractivity contribution is 5.99. The van der Waals surface area contributed by atoms with E-state index in [2.05, 4.69) is 17.2 Å². The molecule has 6 nitrogen and oxygen atoms in total. The van der Waals surface area contributed by atoms with Crippen LogP contribution in [0.2, 0.25) is 0 Å². The number of anilines is 1. The molecule has 1 heterocycles. The zero-order chi connectivity index (χ0) is 18.8. The van der Waals surface area contributed by atoms with Crippen molar-refractivity contribution in [3.8, 4) is 0 Å². The number of benzene rings is 1. The monoisotopic (exact) mass is 357 g/mol. The highest BCUT2D eigenvalue weighted by Gasteiger charge is 2.16. The van der Waals surface area contributed by atoms with E-state index < -0.39 is 0 Å². The first kappa shape index (κ1) is 19.7. The van der Waals surface area contributed by atoms with E-state index in [4.69, 9.17) is 0 Å². The van der Waals surface area contributed by atoms with E-state index in [9.17, 15) is 14.4 Å². The van der Waals surface area contributed by atoms with E-state index in [1.165, 1.54) is 6.08 Å². The third-order valence-corrected chi connectivity index (χ3v) is 4.41. The first-order valence-electron chi connectivity index (χ1n) is 9.16. The molecule has 1 aromatic rings. The molecule has 0 atom stereocenters. The number of carbonyl (C=O) groups is 3. The van der Waals surface area contributed by atoms with Crippen LogP contribution in [0, 0.1) is 0 Å². The van der Waals surface area contributed by atoms with Gasteiger partial charge >= 0.3 is 0 Å². The SMILES string of the molecule is C=CC(=O)Nc1ccccc1CC(=O)NCCCN1CCCCCC1=O. The first-order chi connectivity index (χ1) is 12.6. The Labute approximate surface area is 154 Å². The van der Waals surface area contributed by atoms with E-state index in [1.54, 1.807) is 12.1 Å². The largest absolute Gasteiger partial charge is 0.356 e. The Hall–Kier alpha value is -2.63. The summed E-state index contributed by atoms with van der Waals surface area (Å²) >= 11 is 0. The molecule has 3 amide bonds. The van der Waals surface area contributed by atoms with Gasteiger partial charge < -0.3 is 15.5 Å². The van der Waals surface area contributed by atoms with Gasteiger partial charge in [0.2, 0.25) is 17.7 Å². The van der Waals surface area contributed by atoms with Crippen molar-refractivity contribution in [2.45, 2.75) is 38.5 Å². The van der Waals surface area contributed by atoms with Crippen LogP contribution in [0.25, 0.3) is 0 Å². The molecular formula is C20H27N3O3. The van der Waals surface area contributed by atoms with Gasteiger partial charge in [0, 0.05) is 31.7 Å². The van der Waals surface area contributed by atoms with Crippen molar-refractivity contribution in [3.63, 3.8) is 0 Å². The molecule has 1 aromatic carbocycles.